The fourth-order valence-electron chi connectivity index (χ4n) is 1.35. The highest BCUT2D eigenvalue weighted by Crippen LogP contribution is 2.12. The molecule has 4 nitrogen and oxygen atoms in total. The summed E-state index contributed by atoms with van der Waals surface area (Å²) in [6, 6.07) is -0.0769. The Kier molecular flexibility index (Phi) is 4.34. The van der Waals surface area contributed by atoms with Crippen molar-refractivity contribution in [2.45, 2.75) is 18.6 Å². The van der Waals surface area contributed by atoms with Crippen LogP contribution in [-0.4, -0.2) is 44.3 Å². The number of carbonyl (C=O) groups excluding carboxylic acids is 1. The summed E-state index contributed by atoms with van der Waals surface area (Å²) >= 11 is 0. The lowest BCUT2D eigenvalue weighted by Gasteiger charge is -2.23. The van der Waals surface area contributed by atoms with E-state index in [2.05, 4.69) is 10.6 Å². The van der Waals surface area contributed by atoms with E-state index in [9.17, 15) is 18.0 Å². The lowest BCUT2D eigenvalue weighted by atomic mass is 10.1. The van der Waals surface area contributed by atoms with E-state index in [0.717, 1.165) is 13.1 Å². The first kappa shape index (κ1) is 12.3. The molecule has 0 aromatic heterocycles. The van der Waals surface area contributed by atoms with Crippen LogP contribution in [-0.2, 0) is 4.79 Å². The second kappa shape index (κ2) is 5.32. The number of alkyl halides is 3. The fourth-order valence-corrected chi connectivity index (χ4v) is 1.35. The molecule has 1 atom stereocenters. The van der Waals surface area contributed by atoms with Crippen LogP contribution in [0.1, 0.15) is 6.42 Å². The third-order valence-electron chi connectivity index (χ3n) is 2.04. The van der Waals surface area contributed by atoms with Gasteiger partial charge in [-0.2, -0.15) is 13.2 Å². The molecule has 1 unspecified atom stereocenters. The van der Waals surface area contributed by atoms with Gasteiger partial charge in [-0.25, -0.2) is 0 Å². The lowest BCUT2D eigenvalue weighted by Crippen LogP contribution is -2.50. The Balaban J connectivity index is 2.17. The molecule has 0 aromatic rings. The van der Waals surface area contributed by atoms with Crippen LogP contribution in [0.25, 0.3) is 0 Å². The molecule has 88 valence electrons. The number of carbonyl (C=O) groups is 1. The van der Waals surface area contributed by atoms with Gasteiger partial charge in [0.15, 0.2) is 0 Å². The van der Waals surface area contributed by atoms with E-state index >= 15 is 0 Å². The molecule has 0 spiro atoms. The first-order chi connectivity index (χ1) is 6.97. The fraction of sp³-hybridized carbons (Fsp3) is 0.875. The first-order valence-corrected chi connectivity index (χ1v) is 4.75. The van der Waals surface area contributed by atoms with Gasteiger partial charge in [-0.3, -0.25) is 4.79 Å². The van der Waals surface area contributed by atoms with E-state index < -0.39 is 18.6 Å². The van der Waals surface area contributed by atoms with E-state index in [1.165, 1.54) is 0 Å². The van der Waals surface area contributed by atoms with Gasteiger partial charge in [0.05, 0.1) is 0 Å². The Morgan fingerprint density at radius 2 is 2.13 bits per heavy atom. The van der Waals surface area contributed by atoms with Crippen molar-refractivity contribution in [3.05, 3.63) is 0 Å². The summed E-state index contributed by atoms with van der Waals surface area (Å²) in [5.41, 5.74) is 0. The lowest BCUT2D eigenvalue weighted by molar-refractivity contribution is -0.138. The molecule has 1 fully saturated rings. The van der Waals surface area contributed by atoms with Crippen molar-refractivity contribution in [1.82, 2.24) is 16.0 Å². The van der Waals surface area contributed by atoms with Crippen molar-refractivity contribution in [3.63, 3.8) is 0 Å². The van der Waals surface area contributed by atoms with Crippen LogP contribution in [0.5, 0.6) is 0 Å². The monoisotopic (exact) mass is 225 g/mol. The highest BCUT2D eigenvalue weighted by atomic mass is 19.4. The van der Waals surface area contributed by atoms with Crippen LogP contribution in [0.3, 0.4) is 0 Å². The molecule has 15 heavy (non-hydrogen) atoms. The molecule has 1 rings (SSSR count). The minimum absolute atomic E-state index is 0.0725. The highest BCUT2D eigenvalue weighted by molar-refractivity contribution is 5.76. The predicted molar refractivity (Wildman–Crippen MR) is 48.3 cm³/mol. The molecule has 1 heterocycles. The van der Waals surface area contributed by atoms with Crippen LogP contribution in [0.15, 0.2) is 0 Å². The molecule has 1 saturated heterocycles. The number of hydrogen-bond donors (Lipinski definition) is 3. The molecule has 0 saturated carbocycles. The molecular formula is C8H14F3N3O. The first-order valence-electron chi connectivity index (χ1n) is 4.75. The summed E-state index contributed by atoms with van der Waals surface area (Å²) in [6.45, 7) is 0.906. The maximum Gasteiger partial charge on any atom is 0.405 e. The van der Waals surface area contributed by atoms with Gasteiger partial charge in [-0.15, -0.1) is 0 Å². The van der Waals surface area contributed by atoms with Crippen LogP contribution < -0.4 is 16.0 Å². The SMILES string of the molecule is O=C(CC1CNCCN1)NCC(F)(F)F. The van der Waals surface area contributed by atoms with Crippen LogP contribution in [0, 0.1) is 0 Å². The van der Waals surface area contributed by atoms with Crippen molar-refractivity contribution < 1.29 is 18.0 Å². The second-order valence-corrected chi connectivity index (χ2v) is 3.45. The van der Waals surface area contributed by atoms with Gasteiger partial charge < -0.3 is 16.0 Å². The Labute approximate surface area is 85.6 Å². The number of rotatable bonds is 3. The molecule has 0 aromatic carbocycles. The van der Waals surface area contributed by atoms with Crippen molar-refractivity contribution in [1.29, 1.82) is 0 Å². The van der Waals surface area contributed by atoms with Gasteiger partial charge in [0.1, 0.15) is 6.54 Å². The Morgan fingerprint density at radius 3 is 2.67 bits per heavy atom. The Bertz CT molecular complexity index is 214. The van der Waals surface area contributed by atoms with Crippen molar-refractivity contribution in [2.75, 3.05) is 26.2 Å². The molecule has 1 aliphatic heterocycles. The average molecular weight is 225 g/mol. The molecular weight excluding hydrogens is 211 g/mol. The maximum atomic E-state index is 11.8. The van der Waals surface area contributed by atoms with Crippen molar-refractivity contribution in [2.24, 2.45) is 0 Å². The van der Waals surface area contributed by atoms with Crippen molar-refractivity contribution in [3.8, 4) is 0 Å². The van der Waals surface area contributed by atoms with Crippen LogP contribution in [0.4, 0.5) is 13.2 Å². The van der Waals surface area contributed by atoms with Gasteiger partial charge >= 0.3 is 6.18 Å². The zero-order valence-electron chi connectivity index (χ0n) is 8.16. The quantitative estimate of drug-likeness (QED) is 0.613. The summed E-state index contributed by atoms with van der Waals surface area (Å²) in [4.78, 5) is 11.1. The Hall–Kier alpha value is -0.820. The highest BCUT2D eigenvalue weighted by Gasteiger charge is 2.28. The third kappa shape index (κ3) is 5.58. The molecule has 0 radical (unpaired) electrons. The number of hydrogen-bond acceptors (Lipinski definition) is 3. The standard InChI is InChI=1S/C8H14F3N3O/c9-8(10,11)5-14-7(15)3-6-4-12-1-2-13-6/h6,12-13H,1-5H2,(H,14,15). The topological polar surface area (TPSA) is 53.2 Å². The van der Waals surface area contributed by atoms with Crippen LogP contribution in [0.2, 0.25) is 0 Å². The summed E-state index contributed by atoms with van der Waals surface area (Å²) < 4.78 is 35.3. The van der Waals surface area contributed by atoms with E-state index in [1.54, 1.807) is 0 Å². The van der Waals surface area contributed by atoms with Gasteiger partial charge in [-0.1, -0.05) is 0 Å². The number of halogens is 3. The zero-order chi connectivity index (χ0) is 11.3. The summed E-state index contributed by atoms with van der Waals surface area (Å²) in [6.07, 6.45) is -4.27. The zero-order valence-corrected chi connectivity index (χ0v) is 8.16. The molecule has 7 heteroatoms. The van der Waals surface area contributed by atoms with Crippen LogP contribution >= 0.6 is 0 Å². The molecule has 1 amide bonds. The smallest absolute Gasteiger partial charge is 0.347 e. The molecule has 1 aliphatic rings. The second-order valence-electron chi connectivity index (χ2n) is 3.45. The maximum absolute atomic E-state index is 11.8. The van der Waals surface area contributed by atoms with E-state index in [-0.39, 0.29) is 12.5 Å². The Morgan fingerprint density at radius 1 is 1.40 bits per heavy atom. The minimum Gasteiger partial charge on any atom is -0.347 e. The van der Waals surface area contributed by atoms with E-state index in [0.29, 0.717) is 6.54 Å². The number of amides is 1. The van der Waals surface area contributed by atoms with Gasteiger partial charge in [0.2, 0.25) is 5.91 Å². The molecule has 0 aliphatic carbocycles. The summed E-state index contributed by atoms with van der Waals surface area (Å²) in [5.74, 6) is -0.575. The molecule has 3 N–H and O–H groups in total. The number of nitrogens with one attached hydrogen (secondary N) is 3. The third-order valence-corrected chi connectivity index (χ3v) is 2.04. The van der Waals surface area contributed by atoms with Gasteiger partial charge in [0, 0.05) is 32.1 Å². The van der Waals surface area contributed by atoms with E-state index in [4.69, 9.17) is 0 Å². The summed E-state index contributed by atoms with van der Waals surface area (Å²) in [5, 5.41) is 7.93. The van der Waals surface area contributed by atoms with Crippen molar-refractivity contribution >= 4 is 5.91 Å². The summed E-state index contributed by atoms with van der Waals surface area (Å²) in [7, 11) is 0. The number of piperazine rings is 1. The van der Waals surface area contributed by atoms with Gasteiger partial charge in [0.25, 0.3) is 0 Å². The average Bonchev–Trinajstić information content (AvgIpc) is 2.15. The molecule has 0 bridgehead atoms. The van der Waals surface area contributed by atoms with Gasteiger partial charge in [-0.05, 0) is 0 Å². The largest absolute Gasteiger partial charge is 0.405 e. The predicted octanol–water partition coefficient (Wildman–Crippen LogP) is -0.384. The normalized spacial score (nSPS) is 22.5. The van der Waals surface area contributed by atoms with E-state index in [1.807, 2.05) is 5.32 Å². The minimum atomic E-state index is -4.34.